The van der Waals surface area contributed by atoms with E-state index in [-0.39, 0.29) is 5.60 Å². The molecule has 0 bridgehead atoms. The normalized spacial score (nSPS) is 35.1. The van der Waals surface area contributed by atoms with Crippen molar-refractivity contribution in [3.8, 4) is 0 Å². The molecular formula is C20H31N3O3S2. The predicted octanol–water partition coefficient (Wildman–Crippen LogP) is 2.25. The molecule has 28 heavy (non-hydrogen) atoms. The Morgan fingerprint density at radius 2 is 2.11 bits per heavy atom. The molecule has 5 aliphatic rings. The van der Waals surface area contributed by atoms with Crippen LogP contribution in [0.4, 0.5) is 0 Å². The van der Waals surface area contributed by atoms with Crippen LogP contribution in [0.5, 0.6) is 0 Å². The number of hydrogen-bond acceptors (Lipinski definition) is 7. The Bertz CT molecular complexity index is 632. The SMILES string of the molecule is C=N/C=C(\SCC1CC1)[S+]([O-])N1CCOC2(CCN(C3CC4(COC4)C3)C2)C1. The lowest BCUT2D eigenvalue weighted by molar-refractivity contribution is -0.185. The number of hydrogen-bond donors (Lipinski definition) is 0. The lowest BCUT2D eigenvalue weighted by atomic mass is 9.63. The zero-order valence-electron chi connectivity index (χ0n) is 16.5. The van der Waals surface area contributed by atoms with Gasteiger partial charge in [0.25, 0.3) is 0 Å². The highest BCUT2D eigenvalue weighted by atomic mass is 32.3. The van der Waals surface area contributed by atoms with Gasteiger partial charge >= 0.3 is 0 Å². The van der Waals surface area contributed by atoms with Gasteiger partial charge in [-0.3, -0.25) is 9.89 Å². The number of rotatable bonds is 7. The molecule has 0 radical (unpaired) electrons. The van der Waals surface area contributed by atoms with Crippen LogP contribution >= 0.6 is 11.8 Å². The summed E-state index contributed by atoms with van der Waals surface area (Å²) in [7, 11) is 0. The molecule has 0 aromatic heterocycles. The van der Waals surface area contributed by atoms with Crippen molar-refractivity contribution in [2.45, 2.75) is 43.7 Å². The predicted molar refractivity (Wildman–Crippen MR) is 114 cm³/mol. The molecule has 2 saturated carbocycles. The highest BCUT2D eigenvalue weighted by Gasteiger charge is 2.55. The second-order valence-corrected chi connectivity index (χ2v) is 12.1. The second kappa shape index (κ2) is 7.87. The van der Waals surface area contributed by atoms with E-state index in [1.54, 1.807) is 18.0 Å². The minimum absolute atomic E-state index is 0.166. The third kappa shape index (κ3) is 3.94. The molecule has 2 spiro atoms. The molecule has 3 aliphatic heterocycles. The van der Waals surface area contributed by atoms with Crippen LogP contribution in [0.1, 0.15) is 32.1 Å². The molecule has 3 saturated heterocycles. The minimum Gasteiger partial charge on any atom is -0.592 e. The smallest absolute Gasteiger partial charge is 0.225 e. The maximum Gasteiger partial charge on any atom is 0.225 e. The van der Waals surface area contributed by atoms with E-state index in [0.717, 1.165) is 61.7 Å². The fourth-order valence-electron chi connectivity index (χ4n) is 5.03. The number of nitrogens with zero attached hydrogens (tertiary/aromatic N) is 3. The van der Waals surface area contributed by atoms with Crippen LogP contribution in [-0.2, 0) is 20.8 Å². The number of thioether (sulfide) groups is 1. The number of ether oxygens (including phenoxy) is 2. The van der Waals surface area contributed by atoms with E-state index < -0.39 is 11.4 Å². The first-order valence-electron chi connectivity index (χ1n) is 10.5. The van der Waals surface area contributed by atoms with Gasteiger partial charge in [-0.05, 0) is 44.7 Å². The zero-order valence-corrected chi connectivity index (χ0v) is 18.1. The lowest BCUT2D eigenvalue weighted by Crippen LogP contribution is -2.60. The van der Waals surface area contributed by atoms with Crippen LogP contribution in [-0.4, -0.2) is 83.9 Å². The van der Waals surface area contributed by atoms with Gasteiger partial charge in [-0.25, -0.2) is 0 Å². The molecule has 0 amide bonds. The van der Waals surface area contributed by atoms with Gasteiger partial charge in [-0.15, -0.1) is 4.31 Å². The Labute approximate surface area is 175 Å². The van der Waals surface area contributed by atoms with E-state index in [9.17, 15) is 4.55 Å². The fraction of sp³-hybridized carbons (Fsp3) is 0.850. The third-order valence-electron chi connectivity index (χ3n) is 6.99. The average molecular weight is 426 g/mol. The Hall–Kier alpha value is -0.0900. The van der Waals surface area contributed by atoms with Crippen LogP contribution in [0.25, 0.3) is 0 Å². The molecule has 156 valence electrons. The zero-order chi connectivity index (χ0) is 19.2. The number of morpholine rings is 1. The summed E-state index contributed by atoms with van der Waals surface area (Å²) in [4.78, 5) is 6.53. The van der Waals surface area contributed by atoms with Crippen molar-refractivity contribution in [3.63, 3.8) is 0 Å². The van der Waals surface area contributed by atoms with Crippen LogP contribution < -0.4 is 0 Å². The van der Waals surface area contributed by atoms with Gasteiger partial charge in [0.05, 0.1) is 56.1 Å². The summed E-state index contributed by atoms with van der Waals surface area (Å²) in [6.07, 6.45) is 7.89. The van der Waals surface area contributed by atoms with Gasteiger partial charge in [0, 0.05) is 30.3 Å². The number of likely N-dealkylation sites (tertiary alicyclic amines) is 1. The third-order valence-corrected chi connectivity index (χ3v) is 10.0. The minimum atomic E-state index is -1.16. The number of aliphatic imine (C=N–C) groups is 1. The summed E-state index contributed by atoms with van der Waals surface area (Å²) >= 11 is 0.538. The summed E-state index contributed by atoms with van der Waals surface area (Å²) in [5.41, 5.74) is 0.332. The van der Waals surface area contributed by atoms with Gasteiger partial charge in [-0.1, -0.05) is 11.8 Å². The van der Waals surface area contributed by atoms with Gasteiger partial charge in [-0.2, -0.15) is 0 Å². The van der Waals surface area contributed by atoms with Crippen molar-refractivity contribution in [1.29, 1.82) is 0 Å². The summed E-state index contributed by atoms with van der Waals surface area (Å²) in [5, 5.41) is 0. The van der Waals surface area contributed by atoms with Crippen molar-refractivity contribution < 1.29 is 14.0 Å². The van der Waals surface area contributed by atoms with E-state index in [1.807, 2.05) is 0 Å². The summed E-state index contributed by atoms with van der Waals surface area (Å²) in [6, 6.07) is 0.683. The average Bonchev–Trinajstić information content (AvgIpc) is 3.37. The van der Waals surface area contributed by atoms with Gasteiger partial charge in [0.15, 0.2) is 0 Å². The van der Waals surface area contributed by atoms with Crippen molar-refractivity contribution in [1.82, 2.24) is 9.21 Å². The molecule has 5 fully saturated rings. The Morgan fingerprint density at radius 3 is 2.79 bits per heavy atom. The Kier molecular flexibility index (Phi) is 5.58. The highest BCUT2D eigenvalue weighted by molar-refractivity contribution is 8.17. The molecule has 3 heterocycles. The quantitative estimate of drug-likeness (QED) is 0.461. The van der Waals surface area contributed by atoms with E-state index in [1.165, 1.54) is 25.7 Å². The topological polar surface area (TPSA) is 60.4 Å². The Morgan fingerprint density at radius 1 is 1.29 bits per heavy atom. The van der Waals surface area contributed by atoms with Crippen LogP contribution in [0.15, 0.2) is 15.4 Å². The maximum atomic E-state index is 13.3. The largest absolute Gasteiger partial charge is 0.592 e. The van der Waals surface area contributed by atoms with E-state index in [2.05, 4.69) is 20.9 Å². The molecule has 0 aromatic rings. The second-order valence-electron chi connectivity index (χ2n) is 9.30. The Balaban J connectivity index is 1.18. The standard InChI is InChI=1S/C20H31N3O3S2/c1-21-10-18(27-11-16-2-3-16)28(24)23-6-7-26-20(13-23)4-5-22(12-20)17-8-19(9-17)14-25-15-19/h10,16-17H,1-9,11-15H2/b18-10+. The van der Waals surface area contributed by atoms with Crippen molar-refractivity contribution >= 4 is 29.8 Å². The van der Waals surface area contributed by atoms with Gasteiger partial charge < -0.3 is 14.0 Å². The first-order valence-corrected chi connectivity index (χ1v) is 12.6. The molecule has 0 aromatic carbocycles. The molecule has 2 atom stereocenters. The first-order chi connectivity index (χ1) is 13.6. The van der Waals surface area contributed by atoms with Crippen molar-refractivity contribution in [2.75, 3.05) is 51.8 Å². The molecular weight excluding hydrogens is 394 g/mol. The molecule has 6 nitrogen and oxygen atoms in total. The molecule has 0 N–H and O–H groups in total. The highest BCUT2D eigenvalue weighted by Crippen LogP contribution is 2.50. The monoisotopic (exact) mass is 425 g/mol. The lowest BCUT2D eigenvalue weighted by Gasteiger charge is -2.56. The van der Waals surface area contributed by atoms with Crippen LogP contribution in [0, 0.1) is 11.3 Å². The summed E-state index contributed by atoms with van der Waals surface area (Å²) < 4.78 is 27.9. The molecule has 5 rings (SSSR count). The van der Waals surface area contributed by atoms with Gasteiger partial charge in [0.2, 0.25) is 4.24 Å². The molecule has 8 heteroatoms. The van der Waals surface area contributed by atoms with E-state index in [0.29, 0.717) is 18.1 Å². The van der Waals surface area contributed by atoms with E-state index >= 15 is 0 Å². The fourth-order valence-corrected chi connectivity index (χ4v) is 7.85. The molecule has 2 unspecified atom stereocenters. The van der Waals surface area contributed by atoms with Crippen molar-refractivity contribution in [3.05, 3.63) is 10.4 Å². The molecule has 2 aliphatic carbocycles. The maximum absolute atomic E-state index is 13.3. The van der Waals surface area contributed by atoms with Crippen molar-refractivity contribution in [2.24, 2.45) is 16.3 Å². The van der Waals surface area contributed by atoms with Crippen LogP contribution in [0.3, 0.4) is 0 Å². The van der Waals surface area contributed by atoms with Crippen LogP contribution in [0.2, 0.25) is 0 Å². The summed E-state index contributed by atoms with van der Waals surface area (Å²) in [6.45, 7) is 9.67. The van der Waals surface area contributed by atoms with Gasteiger partial charge in [0.1, 0.15) is 0 Å². The summed E-state index contributed by atoms with van der Waals surface area (Å²) in [5.74, 6) is 1.84. The van der Waals surface area contributed by atoms with E-state index in [4.69, 9.17) is 9.47 Å². The first kappa shape index (κ1) is 19.8.